The van der Waals surface area contributed by atoms with Gasteiger partial charge in [0.1, 0.15) is 11.6 Å². The number of urea groups is 1. The molecule has 3 N–H and O–H groups in total. The Balaban J connectivity index is 1.64. The molecular weight excluding hydrogens is 388 g/mol. The molecule has 1 atom stereocenters. The van der Waals surface area contributed by atoms with Crippen LogP contribution in [0.1, 0.15) is 0 Å². The first-order valence-electron chi connectivity index (χ1n) is 8.85. The maximum absolute atomic E-state index is 12.7. The number of nitrogens with zero attached hydrogens (tertiary/aromatic N) is 2. The van der Waals surface area contributed by atoms with Crippen molar-refractivity contribution in [1.29, 1.82) is 0 Å². The average molecular weight is 412 g/mol. The minimum atomic E-state index is -3.34. The summed E-state index contributed by atoms with van der Waals surface area (Å²) in [5.41, 5.74) is 1.15. The van der Waals surface area contributed by atoms with Crippen LogP contribution in [-0.4, -0.2) is 86.9 Å². The summed E-state index contributed by atoms with van der Waals surface area (Å²) in [4.78, 5) is 28.5. The zero-order valence-corrected chi connectivity index (χ0v) is 16.3. The van der Waals surface area contributed by atoms with Crippen LogP contribution in [0.4, 0.5) is 10.5 Å². The van der Waals surface area contributed by atoms with Gasteiger partial charge in [0, 0.05) is 39.0 Å². The monoisotopic (exact) mass is 412 g/mol. The van der Waals surface area contributed by atoms with E-state index in [2.05, 4.69) is 10.2 Å². The van der Waals surface area contributed by atoms with Gasteiger partial charge in [-0.05, 0) is 12.1 Å². The fourth-order valence-electron chi connectivity index (χ4n) is 3.63. The third-order valence-corrected chi connectivity index (χ3v) is 7.05. The van der Waals surface area contributed by atoms with E-state index in [0.717, 1.165) is 5.69 Å². The quantitative estimate of drug-likeness (QED) is 0.427. The van der Waals surface area contributed by atoms with Crippen molar-refractivity contribution in [3.63, 3.8) is 0 Å². The molecule has 3 amide bonds. The standard InChI is InChI=1S/C17H24N4O6S/c1-27-17(11-28(25,26)12-17)14(15(22)19-24)18-16(23)21-9-7-20(8-10-21)13-5-3-2-4-6-13/h2-6,14,24H,7-12H2,1H3,(H,18,23)(H,19,22). The van der Waals surface area contributed by atoms with E-state index >= 15 is 0 Å². The second-order valence-electron chi connectivity index (χ2n) is 6.97. The highest BCUT2D eigenvalue weighted by Crippen LogP contribution is 2.31. The summed E-state index contributed by atoms with van der Waals surface area (Å²) in [5, 5.41) is 11.6. The topological polar surface area (TPSA) is 128 Å². The van der Waals surface area contributed by atoms with Gasteiger partial charge in [-0.2, -0.15) is 0 Å². The zero-order valence-electron chi connectivity index (χ0n) is 15.5. The second-order valence-corrected chi connectivity index (χ2v) is 9.03. The number of ether oxygens (including phenoxy) is 1. The van der Waals surface area contributed by atoms with Crippen molar-refractivity contribution in [3.8, 4) is 0 Å². The normalized spacial score (nSPS) is 21.4. The zero-order chi connectivity index (χ0) is 20.4. The summed E-state index contributed by atoms with van der Waals surface area (Å²) < 4.78 is 28.5. The Morgan fingerprint density at radius 1 is 1.14 bits per heavy atom. The number of piperazine rings is 1. The highest BCUT2D eigenvalue weighted by molar-refractivity contribution is 7.93. The lowest BCUT2D eigenvalue weighted by atomic mass is 9.96. The maximum atomic E-state index is 12.7. The van der Waals surface area contributed by atoms with Gasteiger partial charge in [0.05, 0.1) is 11.5 Å². The van der Waals surface area contributed by atoms with E-state index in [4.69, 9.17) is 9.94 Å². The lowest BCUT2D eigenvalue weighted by molar-refractivity contribution is -0.138. The molecule has 1 aromatic rings. The molecule has 28 heavy (non-hydrogen) atoms. The third-order valence-electron chi connectivity index (χ3n) is 5.19. The third kappa shape index (κ3) is 4.05. The molecule has 1 aromatic carbocycles. The number of methoxy groups -OCH3 is 1. The van der Waals surface area contributed by atoms with Gasteiger partial charge in [-0.3, -0.25) is 10.0 Å². The fraction of sp³-hybridized carbons (Fsp3) is 0.529. The van der Waals surface area contributed by atoms with Crippen LogP contribution in [-0.2, 0) is 19.4 Å². The Bertz CT molecular complexity index is 811. The number of carbonyl (C=O) groups is 2. The number of hydroxylamine groups is 1. The smallest absolute Gasteiger partial charge is 0.318 e. The Labute approximate surface area is 163 Å². The molecule has 3 rings (SSSR count). The van der Waals surface area contributed by atoms with Crippen molar-refractivity contribution in [1.82, 2.24) is 15.7 Å². The molecule has 154 valence electrons. The predicted molar refractivity (Wildman–Crippen MR) is 101 cm³/mol. The molecule has 2 aliphatic heterocycles. The van der Waals surface area contributed by atoms with Gasteiger partial charge in [-0.1, -0.05) is 18.2 Å². The number of para-hydroxylation sites is 1. The van der Waals surface area contributed by atoms with E-state index in [1.807, 2.05) is 30.3 Å². The molecule has 2 saturated heterocycles. The number of nitrogens with one attached hydrogen (secondary N) is 2. The summed E-state index contributed by atoms with van der Waals surface area (Å²) in [6.45, 7) is 2.12. The lowest BCUT2D eigenvalue weighted by Gasteiger charge is -2.45. The van der Waals surface area contributed by atoms with E-state index in [1.165, 1.54) is 12.6 Å². The molecule has 1 unspecified atom stereocenters. The minimum Gasteiger partial charge on any atom is -0.373 e. The highest BCUT2D eigenvalue weighted by Gasteiger charge is 2.57. The highest BCUT2D eigenvalue weighted by atomic mass is 32.2. The van der Waals surface area contributed by atoms with E-state index in [9.17, 15) is 18.0 Å². The van der Waals surface area contributed by atoms with Crippen molar-refractivity contribution in [2.45, 2.75) is 11.6 Å². The van der Waals surface area contributed by atoms with E-state index < -0.39 is 44.9 Å². The molecule has 2 aliphatic rings. The number of anilines is 1. The molecule has 11 heteroatoms. The number of hydrogen-bond donors (Lipinski definition) is 3. The van der Waals surface area contributed by atoms with Crippen molar-refractivity contribution in [3.05, 3.63) is 30.3 Å². The number of carbonyl (C=O) groups excluding carboxylic acids is 2. The number of benzene rings is 1. The first kappa shape index (κ1) is 20.4. The van der Waals surface area contributed by atoms with E-state index in [-0.39, 0.29) is 0 Å². The molecule has 0 saturated carbocycles. The van der Waals surface area contributed by atoms with Crippen molar-refractivity contribution in [2.75, 3.05) is 49.7 Å². The van der Waals surface area contributed by atoms with Crippen molar-refractivity contribution in [2.24, 2.45) is 0 Å². The number of sulfone groups is 1. The molecule has 0 radical (unpaired) electrons. The summed E-state index contributed by atoms with van der Waals surface area (Å²) in [5.74, 6) is -1.74. The van der Waals surface area contributed by atoms with Crippen LogP contribution < -0.4 is 15.7 Å². The molecule has 0 bridgehead atoms. The maximum Gasteiger partial charge on any atom is 0.318 e. The van der Waals surface area contributed by atoms with Crippen LogP contribution in [0.15, 0.2) is 30.3 Å². The second kappa shape index (κ2) is 7.94. The Morgan fingerprint density at radius 3 is 2.25 bits per heavy atom. The molecular formula is C17H24N4O6S. The average Bonchev–Trinajstić information content (AvgIpc) is 2.70. The van der Waals surface area contributed by atoms with Crippen LogP contribution in [0.2, 0.25) is 0 Å². The molecule has 0 spiro atoms. The number of rotatable bonds is 5. The number of hydrogen-bond acceptors (Lipinski definition) is 7. The fourth-order valence-corrected chi connectivity index (χ4v) is 5.60. The summed E-state index contributed by atoms with van der Waals surface area (Å²) in [6, 6.07) is 7.99. The number of amides is 3. The van der Waals surface area contributed by atoms with Gasteiger partial charge in [0.2, 0.25) is 0 Å². The summed E-state index contributed by atoms with van der Waals surface area (Å²) in [6.07, 6.45) is 0. The van der Waals surface area contributed by atoms with Crippen LogP contribution in [0.25, 0.3) is 0 Å². The lowest BCUT2D eigenvalue weighted by Crippen LogP contribution is -2.72. The first-order chi connectivity index (χ1) is 13.3. The van der Waals surface area contributed by atoms with Gasteiger partial charge in [-0.15, -0.1) is 0 Å². The Kier molecular flexibility index (Phi) is 5.77. The van der Waals surface area contributed by atoms with Crippen LogP contribution in [0.3, 0.4) is 0 Å². The molecule has 2 heterocycles. The van der Waals surface area contributed by atoms with Crippen molar-refractivity contribution >= 4 is 27.5 Å². The summed E-state index contributed by atoms with van der Waals surface area (Å²) >= 11 is 0. The van der Waals surface area contributed by atoms with Gasteiger partial charge < -0.3 is 19.9 Å². The van der Waals surface area contributed by atoms with E-state index in [1.54, 1.807) is 4.90 Å². The predicted octanol–water partition coefficient (Wildman–Crippen LogP) is -0.794. The first-order valence-corrected chi connectivity index (χ1v) is 10.7. The Morgan fingerprint density at radius 2 is 1.75 bits per heavy atom. The summed E-state index contributed by atoms with van der Waals surface area (Å²) in [7, 11) is -2.07. The molecule has 0 aliphatic carbocycles. The SMILES string of the molecule is COC1(C(NC(=O)N2CCN(c3ccccc3)CC2)C(=O)NO)CS(=O)(=O)C1. The van der Waals surface area contributed by atoms with Crippen LogP contribution in [0.5, 0.6) is 0 Å². The van der Waals surface area contributed by atoms with Gasteiger partial charge in [0.15, 0.2) is 9.84 Å². The molecule has 0 aromatic heterocycles. The minimum absolute atomic E-state index is 0.406. The largest absolute Gasteiger partial charge is 0.373 e. The van der Waals surface area contributed by atoms with E-state index in [0.29, 0.717) is 26.2 Å². The Hall–Kier alpha value is -2.37. The van der Waals surface area contributed by atoms with Gasteiger partial charge in [0.25, 0.3) is 5.91 Å². The van der Waals surface area contributed by atoms with Crippen LogP contribution in [0, 0.1) is 0 Å². The van der Waals surface area contributed by atoms with Gasteiger partial charge >= 0.3 is 6.03 Å². The molecule has 10 nitrogen and oxygen atoms in total. The van der Waals surface area contributed by atoms with Crippen molar-refractivity contribution < 1.29 is 28.0 Å². The molecule has 2 fully saturated rings. The van der Waals surface area contributed by atoms with Gasteiger partial charge in [-0.25, -0.2) is 18.7 Å². The van der Waals surface area contributed by atoms with Crippen LogP contribution >= 0.6 is 0 Å².